The average Bonchev–Trinajstić information content (AvgIpc) is 3.34. The molecule has 0 bridgehead atoms. The Hall–Kier alpha value is -3.26. The van der Waals surface area contributed by atoms with Gasteiger partial charge in [-0.15, -0.1) is 0 Å². The first-order valence-electron chi connectivity index (χ1n) is 8.79. The van der Waals surface area contributed by atoms with Crippen molar-refractivity contribution in [3.63, 3.8) is 0 Å². The first kappa shape index (κ1) is 15.0. The summed E-state index contributed by atoms with van der Waals surface area (Å²) in [5, 5.41) is 0. The van der Waals surface area contributed by atoms with Gasteiger partial charge in [0, 0.05) is 36.3 Å². The topological polar surface area (TPSA) is 47.4 Å². The third-order valence-corrected chi connectivity index (χ3v) is 5.03. The Morgan fingerprint density at radius 1 is 1.19 bits per heavy atom. The van der Waals surface area contributed by atoms with E-state index in [0.29, 0.717) is 31.0 Å². The van der Waals surface area contributed by atoms with Crippen LogP contribution < -0.4 is 4.74 Å². The Morgan fingerprint density at radius 3 is 2.96 bits per heavy atom. The monoisotopic (exact) mass is 343 g/mol. The number of rotatable bonds is 2. The van der Waals surface area contributed by atoms with E-state index in [2.05, 4.69) is 33.8 Å². The molecule has 5 heteroatoms. The second-order valence-electron chi connectivity index (χ2n) is 6.56. The zero-order valence-electron chi connectivity index (χ0n) is 14.2. The number of amides is 1. The summed E-state index contributed by atoms with van der Waals surface area (Å²) < 4.78 is 7.77. The molecule has 2 aliphatic rings. The molecule has 1 aromatic heterocycles. The number of fused-ring (bicyclic) bond motifs is 2. The van der Waals surface area contributed by atoms with Crippen LogP contribution in [0, 0.1) is 12.1 Å². The maximum atomic E-state index is 13.0. The van der Waals surface area contributed by atoms with Crippen molar-refractivity contribution >= 4 is 5.91 Å². The van der Waals surface area contributed by atoms with Crippen molar-refractivity contribution in [2.75, 3.05) is 13.2 Å². The van der Waals surface area contributed by atoms with Gasteiger partial charge < -0.3 is 14.2 Å². The van der Waals surface area contributed by atoms with Crippen LogP contribution in [-0.4, -0.2) is 33.5 Å². The summed E-state index contributed by atoms with van der Waals surface area (Å²) in [6.45, 7) is 1.78. The van der Waals surface area contributed by atoms with E-state index in [0.717, 1.165) is 29.8 Å². The van der Waals surface area contributed by atoms with Crippen LogP contribution in [0.5, 0.6) is 5.75 Å². The fraction of sp³-hybridized carbons (Fsp3) is 0.238. The van der Waals surface area contributed by atoms with Crippen molar-refractivity contribution in [2.45, 2.75) is 19.4 Å². The van der Waals surface area contributed by atoms with Gasteiger partial charge in [0.05, 0.1) is 25.2 Å². The molecule has 3 aromatic rings. The number of para-hydroxylation sites is 1. The van der Waals surface area contributed by atoms with Crippen molar-refractivity contribution < 1.29 is 9.53 Å². The fourth-order valence-electron chi connectivity index (χ4n) is 3.69. The SMILES string of the molecule is O=C(c1c#ccc2c1OCC2)N1CCc2c(ncn2-c2ccccc2)C1. The van der Waals surface area contributed by atoms with Gasteiger partial charge in [-0.3, -0.25) is 4.79 Å². The van der Waals surface area contributed by atoms with E-state index in [1.165, 1.54) is 5.69 Å². The quantitative estimate of drug-likeness (QED) is 0.719. The molecule has 26 heavy (non-hydrogen) atoms. The highest BCUT2D eigenvalue weighted by Crippen LogP contribution is 2.30. The van der Waals surface area contributed by atoms with E-state index >= 15 is 0 Å². The largest absolute Gasteiger partial charge is 0.491 e. The lowest BCUT2D eigenvalue weighted by Crippen LogP contribution is -2.36. The molecule has 0 N–H and O–H groups in total. The molecule has 0 unspecified atom stereocenters. The van der Waals surface area contributed by atoms with E-state index in [1.807, 2.05) is 35.5 Å². The molecule has 128 valence electrons. The number of carbonyl (C=O) groups excluding carboxylic acids is 1. The first-order chi connectivity index (χ1) is 12.8. The Labute approximate surface area is 151 Å². The molecule has 0 saturated carbocycles. The van der Waals surface area contributed by atoms with Crippen LogP contribution in [0.1, 0.15) is 27.3 Å². The van der Waals surface area contributed by atoms with E-state index < -0.39 is 0 Å². The summed E-state index contributed by atoms with van der Waals surface area (Å²) in [7, 11) is 0. The lowest BCUT2D eigenvalue weighted by Gasteiger charge is -2.27. The van der Waals surface area contributed by atoms with Gasteiger partial charge in [0.1, 0.15) is 11.3 Å². The van der Waals surface area contributed by atoms with Gasteiger partial charge in [0.15, 0.2) is 0 Å². The standard InChI is InChI=1S/C21H17N3O2/c25-21(17-8-4-5-15-10-12-26-20(15)17)23-11-9-19-18(13-23)22-14-24(19)16-6-2-1-3-7-16/h1-3,5-7,14H,9-13H2. The van der Waals surface area contributed by atoms with Crippen LogP contribution >= 0.6 is 0 Å². The summed E-state index contributed by atoms with van der Waals surface area (Å²) in [6, 6.07) is 17.9. The zero-order chi connectivity index (χ0) is 17.5. The van der Waals surface area contributed by atoms with E-state index in [4.69, 9.17) is 4.74 Å². The lowest BCUT2D eigenvalue weighted by molar-refractivity contribution is 0.0728. The molecule has 5 rings (SSSR count). The fourth-order valence-corrected chi connectivity index (χ4v) is 3.69. The number of nitrogens with zero attached hydrogens (tertiary/aromatic N) is 3. The number of aromatic nitrogens is 2. The van der Waals surface area contributed by atoms with Crippen LogP contribution in [0.4, 0.5) is 0 Å². The van der Waals surface area contributed by atoms with Gasteiger partial charge >= 0.3 is 0 Å². The summed E-state index contributed by atoms with van der Waals surface area (Å²) in [6.07, 6.45) is 3.44. The normalized spacial score (nSPS) is 15.0. The minimum Gasteiger partial charge on any atom is -0.491 e. The molecular weight excluding hydrogens is 326 g/mol. The van der Waals surface area contributed by atoms with Gasteiger partial charge in [-0.1, -0.05) is 30.3 Å². The number of carbonyl (C=O) groups is 1. The van der Waals surface area contributed by atoms with Gasteiger partial charge in [-0.25, -0.2) is 4.98 Å². The molecule has 0 saturated heterocycles. The number of hydrogen-bond donors (Lipinski definition) is 0. The van der Waals surface area contributed by atoms with Crippen LogP contribution in [0.3, 0.4) is 0 Å². The molecule has 1 amide bonds. The van der Waals surface area contributed by atoms with E-state index in [-0.39, 0.29) is 5.91 Å². The molecule has 2 aliphatic heterocycles. The molecular formula is C21H17N3O2. The summed E-state index contributed by atoms with van der Waals surface area (Å²) in [5.41, 5.74) is 4.75. The molecule has 0 fully saturated rings. The van der Waals surface area contributed by atoms with Crippen molar-refractivity contribution in [3.05, 3.63) is 77.4 Å². The van der Waals surface area contributed by atoms with Crippen LogP contribution in [0.2, 0.25) is 0 Å². The molecule has 2 aromatic carbocycles. The lowest BCUT2D eigenvalue weighted by atomic mass is 10.1. The molecule has 0 aliphatic carbocycles. The number of benzene rings is 1. The number of ether oxygens (including phenoxy) is 1. The average molecular weight is 343 g/mol. The van der Waals surface area contributed by atoms with Crippen LogP contribution in [0.25, 0.3) is 5.69 Å². The first-order valence-corrected chi connectivity index (χ1v) is 8.79. The number of imidazole rings is 1. The highest BCUT2D eigenvalue weighted by Gasteiger charge is 2.29. The third kappa shape index (κ3) is 2.34. The second kappa shape index (κ2) is 5.92. The summed E-state index contributed by atoms with van der Waals surface area (Å²) in [5.74, 6) is 0.620. The van der Waals surface area contributed by atoms with Crippen molar-refractivity contribution in [1.29, 1.82) is 0 Å². The van der Waals surface area contributed by atoms with Crippen molar-refractivity contribution in [3.8, 4) is 11.4 Å². The van der Waals surface area contributed by atoms with Crippen molar-refractivity contribution in [1.82, 2.24) is 14.5 Å². The van der Waals surface area contributed by atoms with Crippen LogP contribution in [0.15, 0.2) is 42.7 Å². The Morgan fingerprint density at radius 2 is 2.08 bits per heavy atom. The summed E-state index contributed by atoms with van der Waals surface area (Å²) in [4.78, 5) is 19.4. The Bertz CT molecular complexity index is 978. The highest BCUT2D eigenvalue weighted by atomic mass is 16.5. The molecule has 5 nitrogen and oxygen atoms in total. The maximum absolute atomic E-state index is 13.0. The minimum absolute atomic E-state index is 0.0556. The number of hydrogen-bond acceptors (Lipinski definition) is 3. The maximum Gasteiger partial charge on any atom is 0.266 e. The predicted octanol–water partition coefficient (Wildman–Crippen LogP) is 2.61. The zero-order valence-corrected chi connectivity index (χ0v) is 14.2. The smallest absolute Gasteiger partial charge is 0.266 e. The van der Waals surface area contributed by atoms with Crippen LogP contribution in [-0.2, 0) is 19.4 Å². The Balaban J connectivity index is 1.43. The second-order valence-corrected chi connectivity index (χ2v) is 6.56. The molecule has 0 radical (unpaired) electrons. The molecule has 0 atom stereocenters. The third-order valence-electron chi connectivity index (χ3n) is 5.03. The predicted molar refractivity (Wildman–Crippen MR) is 95.3 cm³/mol. The van der Waals surface area contributed by atoms with E-state index in [9.17, 15) is 4.79 Å². The van der Waals surface area contributed by atoms with Gasteiger partial charge in [0.25, 0.3) is 5.91 Å². The molecule has 3 heterocycles. The Kier molecular flexibility index (Phi) is 3.42. The highest BCUT2D eigenvalue weighted by molar-refractivity contribution is 5.97. The molecule has 0 spiro atoms. The summed E-state index contributed by atoms with van der Waals surface area (Å²) >= 11 is 0. The van der Waals surface area contributed by atoms with Crippen molar-refractivity contribution in [2.24, 2.45) is 0 Å². The van der Waals surface area contributed by atoms with E-state index in [1.54, 1.807) is 0 Å². The van der Waals surface area contributed by atoms with Gasteiger partial charge in [-0.2, -0.15) is 0 Å². The van der Waals surface area contributed by atoms with Gasteiger partial charge in [-0.05, 0) is 18.2 Å². The minimum atomic E-state index is -0.0556. The van der Waals surface area contributed by atoms with Gasteiger partial charge in [0.2, 0.25) is 0 Å².